The molecule has 0 unspecified atom stereocenters. The number of rotatable bonds is 4. The highest BCUT2D eigenvalue weighted by atomic mass is 14.3. The van der Waals surface area contributed by atoms with E-state index in [0.29, 0.717) is 0 Å². The molecule has 0 nitrogen and oxygen atoms in total. The quantitative estimate of drug-likeness (QED) is 0.169. The molecule has 0 atom stereocenters. The first kappa shape index (κ1) is 28.5. The second kappa shape index (κ2) is 11.6. The van der Waals surface area contributed by atoms with Crippen molar-refractivity contribution in [1.29, 1.82) is 0 Å². The molecular formula is C50H32. The molecular weight excluding hydrogens is 601 g/mol. The maximum Gasteiger partial charge on any atom is -0.00930 e. The molecule has 2 aliphatic carbocycles. The van der Waals surface area contributed by atoms with Gasteiger partial charge in [0.05, 0.1) is 0 Å². The Morgan fingerprint density at radius 1 is 0.240 bits per heavy atom. The van der Waals surface area contributed by atoms with Crippen LogP contribution in [0.1, 0.15) is 44.5 Å². The van der Waals surface area contributed by atoms with Crippen LogP contribution in [0.25, 0.3) is 79.2 Å². The first-order valence-corrected chi connectivity index (χ1v) is 17.3. The summed E-state index contributed by atoms with van der Waals surface area (Å²) in [5.41, 5.74) is 17.9. The third-order valence-corrected chi connectivity index (χ3v) is 10.3. The van der Waals surface area contributed by atoms with Crippen LogP contribution in [0.15, 0.2) is 170 Å². The van der Waals surface area contributed by atoms with Crippen LogP contribution in [-0.2, 0) is 0 Å². The molecule has 0 fully saturated rings. The van der Waals surface area contributed by atoms with Crippen molar-refractivity contribution in [2.24, 2.45) is 0 Å². The Kier molecular flexibility index (Phi) is 6.60. The molecule has 10 rings (SSSR count). The summed E-state index contributed by atoms with van der Waals surface area (Å²) in [5.74, 6) is 0. The molecule has 0 radical (unpaired) electrons. The van der Waals surface area contributed by atoms with Crippen molar-refractivity contribution in [2.75, 3.05) is 0 Å². The second-order valence-corrected chi connectivity index (χ2v) is 13.4. The lowest BCUT2D eigenvalue weighted by Crippen LogP contribution is -1.83. The van der Waals surface area contributed by atoms with Crippen LogP contribution in [0.4, 0.5) is 0 Å². The van der Waals surface area contributed by atoms with Crippen LogP contribution in [0.3, 0.4) is 0 Å². The Labute approximate surface area is 292 Å². The largest absolute Gasteiger partial charge is 0.0616 e. The molecule has 0 spiro atoms. The monoisotopic (exact) mass is 632 g/mol. The van der Waals surface area contributed by atoms with Crippen molar-refractivity contribution in [3.8, 4) is 22.3 Å². The van der Waals surface area contributed by atoms with E-state index in [9.17, 15) is 0 Å². The lowest BCUT2D eigenvalue weighted by molar-refractivity contribution is 1.65. The van der Waals surface area contributed by atoms with Gasteiger partial charge in [-0.1, -0.05) is 158 Å². The van der Waals surface area contributed by atoms with E-state index in [-0.39, 0.29) is 0 Å². The molecule has 0 N–H and O–H groups in total. The summed E-state index contributed by atoms with van der Waals surface area (Å²) in [6.45, 7) is 0. The molecule has 232 valence electrons. The molecule has 8 aromatic carbocycles. The molecule has 0 bridgehead atoms. The van der Waals surface area contributed by atoms with Crippen LogP contribution in [-0.4, -0.2) is 0 Å². The van der Waals surface area contributed by atoms with Crippen LogP contribution in [0.2, 0.25) is 0 Å². The maximum absolute atomic E-state index is 2.34. The fourth-order valence-corrected chi connectivity index (χ4v) is 7.89. The third kappa shape index (κ3) is 4.85. The van der Waals surface area contributed by atoms with Gasteiger partial charge >= 0.3 is 0 Å². The first-order chi connectivity index (χ1) is 24.7. The van der Waals surface area contributed by atoms with Crippen LogP contribution >= 0.6 is 0 Å². The second-order valence-electron chi connectivity index (χ2n) is 13.4. The number of hydrogen-bond donors (Lipinski definition) is 0. The summed E-state index contributed by atoms with van der Waals surface area (Å²) in [5, 5.41) is 4.98. The summed E-state index contributed by atoms with van der Waals surface area (Å²) in [6.07, 6.45) is 9.11. The van der Waals surface area contributed by atoms with Crippen molar-refractivity contribution in [3.05, 3.63) is 214 Å². The van der Waals surface area contributed by atoms with Gasteiger partial charge in [0.15, 0.2) is 0 Å². The summed E-state index contributed by atoms with van der Waals surface area (Å²) in [6, 6.07) is 62.0. The highest BCUT2D eigenvalue weighted by molar-refractivity contribution is 6.08. The molecule has 2 aliphatic rings. The predicted molar refractivity (Wildman–Crippen MR) is 215 cm³/mol. The SMILES string of the molecule is C(=Cc1ccc2cc(C=C3c4ccccc4-c4ccccc43)ccc2c1)c1ccc2cc(C=C3c4ccccc4-c4ccccc43)ccc2c1. The minimum absolute atomic E-state index is 1.20. The zero-order valence-corrected chi connectivity index (χ0v) is 27.5. The third-order valence-electron chi connectivity index (χ3n) is 10.3. The van der Waals surface area contributed by atoms with E-state index in [2.05, 4.69) is 194 Å². The lowest BCUT2D eigenvalue weighted by atomic mass is 9.98. The Morgan fingerprint density at radius 3 is 0.820 bits per heavy atom. The molecule has 0 heterocycles. The fourth-order valence-electron chi connectivity index (χ4n) is 7.89. The standard InChI is InChI=1S/C50H32/c1-5-13-45-41(9-1)42-10-2-6-14-46(42)49(45)31-35-21-25-37-27-33(19-23-39(37)29-35)17-18-34-20-24-40-30-36(22-26-38(40)28-34)32-50-47-15-7-3-11-43(47)44-12-4-8-16-48(44)50/h1-32H. The van der Waals surface area contributed by atoms with Gasteiger partial charge in [0.1, 0.15) is 0 Å². The maximum atomic E-state index is 2.34. The Hall–Kier alpha value is -6.50. The zero-order valence-electron chi connectivity index (χ0n) is 27.5. The molecule has 8 aromatic rings. The van der Waals surface area contributed by atoms with E-state index in [4.69, 9.17) is 0 Å². The van der Waals surface area contributed by atoms with Gasteiger partial charge < -0.3 is 0 Å². The van der Waals surface area contributed by atoms with Crippen LogP contribution < -0.4 is 0 Å². The zero-order chi connectivity index (χ0) is 33.0. The molecule has 50 heavy (non-hydrogen) atoms. The van der Waals surface area contributed by atoms with Gasteiger partial charge in [0.2, 0.25) is 0 Å². The highest BCUT2D eigenvalue weighted by Crippen LogP contribution is 2.46. The molecule has 0 aromatic heterocycles. The minimum Gasteiger partial charge on any atom is -0.0616 e. The van der Waals surface area contributed by atoms with Gasteiger partial charge in [-0.15, -0.1) is 0 Å². The molecule has 0 amide bonds. The number of benzene rings is 8. The van der Waals surface area contributed by atoms with Gasteiger partial charge in [-0.25, -0.2) is 0 Å². The topological polar surface area (TPSA) is 0 Å². The van der Waals surface area contributed by atoms with Crippen molar-refractivity contribution in [1.82, 2.24) is 0 Å². The van der Waals surface area contributed by atoms with Crippen molar-refractivity contribution in [2.45, 2.75) is 0 Å². The average Bonchev–Trinajstić information content (AvgIpc) is 3.66. The van der Waals surface area contributed by atoms with E-state index in [1.54, 1.807) is 0 Å². The molecule has 0 aliphatic heterocycles. The van der Waals surface area contributed by atoms with E-state index in [1.165, 1.54) is 99.5 Å². The number of hydrogen-bond acceptors (Lipinski definition) is 0. The van der Waals surface area contributed by atoms with Gasteiger partial charge in [0.25, 0.3) is 0 Å². The highest BCUT2D eigenvalue weighted by Gasteiger charge is 2.23. The van der Waals surface area contributed by atoms with Gasteiger partial charge in [-0.05, 0) is 136 Å². The number of fused-ring (bicyclic) bond motifs is 8. The summed E-state index contributed by atoms with van der Waals surface area (Å²) >= 11 is 0. The first-order valence-electron chi connectivity index (χ1n) is 17.3. The van der Waals surface area contributed by atoms with E-state index in [0.717, 1.165) is 0 Å². The van der Waals surface area contributed by atoms with Gasteiger partial charge in [-0.3, -0.25) is 0 Å². The molecule has 0 saturated carbocycles. The van der Waals surface area contributed by atoms with Crippen LogP contribution in [0, 0.1) is 0 Å². The lowest BCUT2D eigenvalue weighted by Gasteiger charge is -2.06. The Balaban J connectivity index is 0.908. The van der Waals surface area contributed by atoms with E-state index >= 15 is 0 Å². The van der Waals surface area contributed by atoms with E-state index < -0.39 is 0 Å². The Morgan fingerprint density at radius 2 is 0.500 bits per heavy atom. The average molecular weight is 633 g/mol. The summed E-state index contributed by atoms with van der Waals surface area (Å²) in [7, 11) is 0. The van der Waals surface area contributed by atoms with E-state index in [1.807, 2.05) is 0 Å². The fraction of sp³-hybridized carbons (Fsp3) is 0. The predicted octanol–water partition coefficient (Wildman–Crippen LogP) is 13.3. The summed E-state index contributed by atoms with van der Waals surface area (Å²) < 4.78 is 0. The van der Waals surface area contributed by atoms with Crippen molar-refractivity contribution < 1.29 is 0 Å². The Bertz CT molecular complexity index is 2460. The van der Waals surface area contributed by atoms with Gasteiger partial charge in [0, 0.05) is 0 Å². The van der Waals surface area contributed by atoms with Gasteiger partial charge in [-0.2, -0.15) is 0 Å². The minimum atomic E-state index is 1.20. The summed E-state index contributed by atoms with van der Waals surface area (Å²) in [4.78, 5) is 0. The normalized spacial score (nSPS) is 12.6. The molecule has 0 saturated heterocycles. The molecule has 0 heteroatoms. The van der Waals surface area contributed by atoms with Crippen molar-refractivity contribution >= 4 is 57.0 Å². The smallest absolute Gasteiger partial charge is 0.00930 e. The van der Waals surface area contributed by atoms with Crippen molar-refractivity contribution in [3.63, 3.8) is 0 Å². The van der Waals surface area contributed by atoms with Crippen LogP contribution in [0.5, 0.6) is 0 Å².